The van der Waals surface area contributed by atoms with E-state index < -0.39 is 27.4 Å². The summed E-state index contributed by atoms with van der Waals surface area (Å²) >= 11 is 0. The van der Waals surface area contributed by atoms with Crippen LogP contribution in [0.2, 0.25) is 0 Å². The van der Waals surface area contributed by atoms with Crippen molar-refractivity contribution < 1.29 is 22.7 Å². The number of fused-ring (bicyclic) bond motifs is 1. The van der Waals surface area contributed by atoms with Crippen LogP contribution in [0, 0.1) is 5.82 Å². The van der Waals surface area contributed by atoms with Crippen molar-refractivity contribution >= 4 is 21.7 Å². The van der Waals surface area contributed by atoms with Crippen molar-refractivity contribution in [3.05, 3.63) is 58.9 Å². The molecule has 0 unspecified atom stereocenters. The Hall–Kier alpha value is -2.41. The Morgan fingerprint density at radius 2 is 1.83 bits per heavy atom. The van der Waals surface area contributed by atoms with Crippen molar-refractivity contribution in [3.63, 3.8) is 0 Å². The van der Waals surface area contributed by atoms with E-state index in [9.17, 15) is 17.6 Å². The number of benzene rings is 2. The van der Waals surface area contributed by atoms with Crippen molar-refractivity contribution in [2.75, 3.05) is 4.72 Å². The first-order valence-corrected chi connectivity index (χ1v) is 8.52. The minimum absolute atomic E-state index is 0.0683. The number of carboxylic acids is 1. The molecule has 0 bridgehead atoms. The molecule has 0 aromatic heterocycles. The molecule has 0 amide bonds. The summed E-state index contributed by atoms with van der Waals surface area (Å²) in [6.45, 7) is 0. The SMILES string of the molecule is O=C(O)c1cc(F)ccc1NS(=O)(=O)c1ccc2c(c1)CCC2. The quantitative estimate of drug-likeness (QED) is 0.900. The average Bonchev–Trinajstić information content (AvgIpc) is 2.96. The monoisotopic (exact) mass is 335 g/mol. The molecular formula is C16H14FNO4S. The molecule has 0 saturated heterocycles. The minimum atomic E-state index is -3.94. The van der Waals surface area contributed by atoms with Crippen molar-refractivity contribution in [2.45, 2.75) is 24.2 Å². The Kier molecular flexibility index (Phi) is 3.81. The first-order chi connectivity index (χ1) is 10.9. The molecule has 0 radical (unpaired) electrons. The molecule has 3 rings (SSSR count). The average molecular weight is 335 g/mol. The molecule has 0 fully saturated rings. The third kappa shape index (κ3) is 3.05. The summed E-state index contributed by atoms with van der Waals surface area (Å²) in [6.07, 6.45) is 2.76. The van der Waals surface area contributed by atoms with Gasteiger partial charge in [-0.15, -0.1) is 0 Å². The normalized spacial score (nSPS) is 13.6. The highest BCUT2D eigenvalue weighted by molar-refractivity contribution is 7.92. The van der Waals surface area contributed by atoms with Crippen LogP contribution < -0.4 is 4.72 Å². The van der Waals surface area contributed by atoms with Gasteiger partial charge in [-0.2, -0.15) is 0 Å². The molecule has 1 aliphatic rings. The summed E-state index contributed by atoms with van der Waals surface area (Å²) in [6, 6.07) is 7.77. The second kappa shape index (κ2) is 5.66. The van der Waals surface area contributed by atoms with Crippen LogP contribution in [0.1, 0.15) is 27.9 Å². The van der Waals surface area contributed by atoms with E-state index in [0.717, 1.165) is 48.6 Å². The number of hydrogen-bond acceptors (Lipinski definition) is 3. The van der Waals surface area contributed by atoms with Gasteiger partial charge in [-0.25, -0.2) is 17.6 Å². The zero-order chi connectivity index (χ0) is 16.6. The maximum Gasteiger partial charge on any atom is 0.337 e. The predicted octanol–water partition coefficient (Wildman–Crippen LogP) is 2.81. The molecule has 2 N–H and O–H groups in total. The number of carbonyl (C=O) groups is 1. The lowest BCUT2D eigenvalue weighted by molar-refractivity contribution is 0.0697. The number of aromatic carboxylic acids is 1. The van der Waals surface area contributed by atoms with Crippen LogP contribution in [-0.4, -0.2) is 19.5 Å². The number of halogens is 1. The molecule has 0 aliphatic heterocycles. The van der Waals surface area contributed by atoms with E-state index >= 15 is 0 Å². The van der Waals surface area contributed by atoms with Crippen LogP contribution in [0.5, 0.6) is 0 Å². The summed E-state index contributed by atoms with van der Waals surface area (Å²) in [7, 11) is -3.94. The van der Waals surface area contributed by atoms with Gasteiger partial charge in [0, 0.05) is 0 Å². The Bertz CT molecular complexity index is 893. The smallest absolute Gasteiger partial charge is 0.337 e. The number of hydrogen-bond donors (Lipinski definition) is 2. The van der Waals surface area contributed by atoms with Gasteiger partial charge in [-0.05, 0) is 60.7 Å². The van der Waals surface area contributed by atoms with E-state index in [1.807, 2.05) is 0 Å². The van der Waals surface area contributed by atoms with Gasteiger partial charge in [0.1, 0.15) is 5.82 Å². The molecule has 1 aliphatic carbocycles. The lowest BCUT2D eigenvalue weighted by atomic mass is 10.1. The maximum atomic E-state index is 13.2. The van der Waals surface area contributed by atoms with Crippen LogP contribution in [0.15, 0.2) is 41.3 Å². The first kappa shape index (κ1) is 15.5. The molecule has 2 aromatic carbocycles. The van der Waals surface area contributed by atoms with Gasteiger partial charge in [0.15, 0.2) is 0 Å². The second-order valence-electron chi connectivity index (χ2n) is 5.38. The summed E-state index contributed by atoms with van der Waals surface area (Å²) in [5.74, 6) is -2.15. The van der Waals surface area contributed by atoms with Crippen molar-refractivity contribution in [1.29, 1.82) is 0 Å². The van der Waals surface area contributed by atoms with Crippen molar-refractivity contribution in [1.82, 2.24) is 0 Å². The first-order valence-electron chi connectivity index (χ1n) is 7.04. The third-order valence-electron chi connectivity index (χ3n) is 3.84. The molecule has 120 valence electrons. The second-order valence-corrected chi connectivity index (χ2v) is 7.07. The molecule has 0 saturated carbocycles. The van der Waals surface area contributed by atoms with Crippen molar-refractivity contribution in [3.8, 4) is 0 Å². The van der Waals surface area contributed by atoms with Gasteiger partial charge in [0.05, 0.1) is 16.1 Å². The van der Waals surface area contributed by atoms with Gasteiger partial charge in [0.2, 0.25) is 0 Å². The van der Waals surface area contributed by atoms with E-state index in [4.69, 9.17) is 5.11 Å². The third-order valence-corrected chi connectivity index (χ3v) is 5.20. The van der Waals surface area contributed by atoms with Crippen LogP contribution in [0.4, 0.5) is 10.1 Å². The summed E-state index contributed by atoms with van der Waals surface area (Å²) < 4.78 is 40.3. The highest BCUT2D eigenvalue weighted by atomic mass is 32.2. The lowest BCUT2D eigenvalue weighted by Gasteiger charge is -2.11. The zero-order valence-corrected chi connectivity index (χ0v) is 12.9. The number of carboxylic acid groups (broad SMARTS) is 1. The fourth-order valence-electron chi connectivity index (χ4n) is 2.70. The Labute approximate surface area is 132 Å². The standard InChI is InChI=1S/C16H14FNO4S/c17-12-5-7-15(14(9-12)16(19)20)18-23(21,22)13-6-4-10-2-1-3-11(10)8-13/h4-9,18H,1-3H2,(H,19,20). The van der Waals surface area contributed by atoms with Gasteiger partial charge in [-0.1, -0.05) is 6.07 Å². The topological polar surface area (TPSA) is 83.5 Å². The summed E-state index contributed by atoms with van der Waals surface area (Å²) in [5, 5.41) is 9.08. The van der Waals surface area contributed by atoms with E-state index in [2.05, 4.69) is 4.72 Å². The van der Waals surface area contributed by atoms with Gasteiger partial charge in [0.25, 0.3) is 10.0 Å². The Morgan fingerprint density at radius 3 is 2.57 bits per heavy atom. The number of aryl methyl sites for hydroxylation is 2. The molecule has 0 atom stereocenters. The summed E-state index contributed by atoms with van der Waals surface area (Å²) in [4.78, 5) is 11.2. The molecule has 0 heterocycles. The van der Waals surface area contributed by atoms with Gasteiger partial charge < -0.3 is 5.11 Å². The number of anilines is 1. The van der Waals surface area contributed by atoms with E-state index in [1.54, 1.807) is 12.1 Å². The van der Waals surface area contributed by atoms with E-state index in [1.165, 1.54) is 6.07 Å². The van der Waals surface area contributed by atoms with Gasteiger partial charge >= 0.3 is 5.97 Å². The van der Waals surface area contributed by atoms with Crippen molar-refractivity contribution in [2.24, 2.45) is 0 Å². The molecular weight excluding hydrogens is 321 g/mol. The highest BCUT2D eigenvalue weighted by Crippen LogP contribution is 2.27. The molecule has 7 heteroatoms. The number of sulfonamides is 1. The maximum absolute atomic E-state index is 13.2. The predicted molar refractivity (Wildman–Crippen MR) is 82.6 cm³/mol. The molecule has 5 nitrogen and oxygen atoms in total. The van der Waals surface area contributed by atoms with Crippen LogP contribution >= 0.6 is 0 Å². The minimum Gasteiger partial charge on any atom is -0.478 e. The van der Waals surface area contributed by atoms with Crippen LogP contribution in [-0.2, 0) is 22.9 Å². The van der Waals surface area contributed by atoms with Crippen LogP contribution in [0.3, 0.4) is 0 Å². The molecule has 2 aromatic rings. The molecule has 23 heavy (non-hydrogen) atoms. The molecule has 0 spiro atoms. The number of nitrogens with one attached hydrogen (secondary N) is 1. The summed E-state index contributed by atoms with van der Waals surface area (Å²) in [5.41, 5.74) is 1.52. The highest BCUT2D eigenvalue weighted by Gasteiger charge is 2.21. The van der Waals surface area contributed by atoms with Crippen LogP contribution in [0.25, 0.3) is 0 Å². The zero-order valence-electron chi connectivity index (χ0n) is 12.0. The van der Waals surface area contributed by atoms with Gasteiger partial charge in [-0.3, -0.25) is 4.72 Å². The van der Waals surface area contributed by atoms with E-state index in [-0.39, 0.29) is 10.6 Å². The largest absolute Gasteiger partial charge is 0.478 e. The fourth-order valence-corrected chi connectivity index (χ4v) is 3.83. The Morgan fingerprint density at radius 1 is 1.09 bits per heavy atom. The fraction of sp³-hybridized carbons (Fsp3) is 0.188. The Balaban J connectivity index is 1.97. The number of rotatable bonds is 4. The lowest BCUT2D eigenvalue weighted by Crippen LogP contribution is -2.16. The van der Waals surface area contributed by atoms with E-state index in [0.29, 0.717) is 0 Å².